The maximum Gasteiger partial charge on any atom is 0.304 e. The van der Waals surface area contributed by atoms with E-state index in [1.165, 1.54) is 6.07 Å². The Hall–Kier alpha value is -2.96. The summed E-state index contributed by atoms with van der Waals surface area (Å²) in [5, 5.41) is 8.93. The third-order valence-corrected chi connectivity index (χ3v) is 4.23. The fourth-order valence-electron chi connectivity index (χ4n) is 3.02. The molecule has 7 heteroatoms. The van der Waals surface area contributed by atoms with Crippen LogP contribution in [0, 0.1) is 5.82 Å². The van der Waals surface area contributed by atoms with Crippen molar-refractivity contribution >= 4 is 5.97 Å². The van der Waals surface area contributed by atoms with Gasteiger partial charge in [-0.1, -0.05) is 6.07 Å². The Morgan fingerprint density at radius 1 is 1.20 bits per heavy atom. The number of halogens is 1. The van der Waals surface area contributed by atoms with E-state index in [2.05, 4.69) is 0 Å². The first-order chi connectivity index (χ1) is 12.1. The van der Waals surface area contributed by atoms with Gasteiger partial charge in [-0.2, -0.15) is 0 Å². The first-order valence-electron chi connectivity index (χ1n) is 7.80. The highest BCUT2D eigenvalue weighted by Gasteiger charge is 2.27. The van der Waals surface area contributed by atoms with Gasteiger partial charge in [0.2, 0.25) is 12.5 Å². The molecule has 0 fully saturated rings. The zero-order valence-electron chi connectivity index (χ0n) is 13.2. The minimum Gasteiger partial charge on any atom is -0.492 e. The minimum atomic E-state index is -0.853. The Kier molecular flexibility index (Phi) is 3.83. The SMILES string of the molecule is O=C(O)CC1COc2cc(OCc3ccc(F)c4c3OCO4)ccc21. The Morgan fingerprint density at radius 3 is 2.88 bits per heavy atom. The molecular formula is C18H15FO6. The Morgan fingerprint density at radius 2 is 2.04 bits per heavy atom. The van der Waals surface area contributed by atoms with E-state index in [9.17, 15) is 9.18 Å². The van der Waals surface area contributed by atoms with E-state index < -0.39 is 11.8 Å². The van der Waals surface area contributed by atoms with Crippen molar-refractivity contribution in [3.8, 4) is 23.0 Å². The van der Waals surface area contributed by atoms with Gasteiger partial charge >= 0.3 is 5.97 Å². The van der Waals surface area contributed by atoms with Gasteiger partial charge in [-0.3, -0.25) is 4.79 Å². The second-order valence-corrected chi connectivity index (χ2v) is 5.87. The van der Waals surface area contributed by atoms with Gasteiger partial charge in [0, 0.05) is 23.1 Å². The van der Waals surface area contributed by atoms with E-state index in [1.807, 2.05) is 6.07 Å². The number of ether oxygens (including phenoxy) is 4. The molecule has 1 N–H and O–H groups in total. The normalized spacial score (nSPS) is 17.1. The summed E-state index contributed by atoms with van der Waals surface area (Å²) < 4.78 is 35.3. The summed E-state index contributed by atoms with van der Waals surface area (Å²) in [4.78, 5) is 10.9. The average molecular weight is 346 g/mol. The summed E-state index contributed by atoms with van der Waals surface area (Å²) >= 11 is 0. The van der Waals surface area contributed by atoms with Crippen LogP contribution in [0.15, 0.2) is 30.3 Å². The molecule has 0 radical (unpaired) electrons. The van der Waals surface area contributed by atoms with Gasteiger partial charge in [-0.15, -0.1) is 0 Å². The largest absolute Gasteiger partial charge is 0.492 e. The van der Waals surface area contributed by atoms with Crippen LogP contribution in [0.5, 0.6) is 23.0 Å². The van der Waals surface area contributed by atoms with Crippen molar-refractivity contribution < 1.29 is 33.2 Å². The number of fused-ring (bicyclic) bond motifs is 2. The number of hydrogen-bond donors (Lipinski definition) is 1. The number of hydrogen-bond acceptors (Lipinski definition) is 5. The molecule has 1 unspecified atom stereocenters. The maximum absolute atomic E-state index is 13.6. The number of rotatable bonds is 5. The third kappa shape index (κ3) is 2.93. The summed E-state index contributed by atoms with van der Waals surface area (Å²) in [6.07, 6.45) is 0.0340. The van der Waals surface area contributed by atoms with Crippen molar-refractivity contribution in [3.05, 3.63) is 47.3 Å². The molecule has 2 heterocycles. The summed E-state index contributed by atoms with van der Waals surface area (Å²) in [5.74, 6) is 0.210. The molecule has 1 atom stereocenters. The van der Waals surface area contributed by atoms with Gasteiger partial charge in [0.25, 0.3) is 0 Å². The van der Waals surface area contributed by atoms with E-state index in [4.69, 9.17) is 24.1 Å². The van der Waals surface area contributed by atoms with Gasteiger partial charge in [-0.05, 0) is 18.2 Å². The standard InChI is InChI=1S/C18H15FO6/c19-14-4-1-10(17-18(14)25-9-24-17)7-22-12-2-3-13-11(5-16(20)21)8-23-15(13)6-12/h1-4,6,11H,5,7-9H2,(H,20,21). The van der Waals surface area contributed by atoms with E-state index in [0.29, 0.717) is 29.4 Å². The lowest BCUT2D eigenvalue weighted by molar-refractivity contribution is -0.137. The number of carboxylic acid groups (broad SMARTS) is 1. The summed E-state index contributed by atoms with van der Waals surface area (Å²) in [5.41, 5.74) is 1.55. The third-order valence-electron chi connectivity index (χ3n) is 4.23. The first-order valence-corrected chi connectivity index (χ1v) is 7.80. The molecule has 25 heavy (non-hydrogen) atoms. The summed E-state index contributed by atoms with van der Waals surface area (Å²) in [6, 6.07) is 8.23. The molecule has 4 rings (SSSR count). The molecule has 0 amide bonds. The van der Waals surface area contributed by atoms with Gasteiger partial charge < -0.3 is 24.1 Å². The minimum absolute atomic E-state index is 0.0130. The quantitative estimate of drug-likeness (QED) is 0.897. The number of aliphatic carboxylic acids is 1. The van der Waals surface area contributed by atoms with Crippen LogP contribution in [0.1, 0.15) is 23.5 Å². The smallest absolute Gasteiger partial charge is 0.304 e. The lowest BCUT2D eigenvalue weighted by Crippen LogP contribution is -2.07. The van der Waals surface area contributed by atoms with Crippen LogP contribution in [0.25, 0.3) is 0 Å². The molecule has 2 aromatic carbocycles. The van der Waals surface area contributed by atoms with Crippen LogP contribution in [0.4, 0.5) is 4.39 Å². The Labute approximate surface area is 142 Å². The predicted octanol–water partition coefficient (Wildman–Crippen LogP) is 3.08. The second-order valence-electron chi connectivity index (χ2n) is 5.87. The molecule has 0 saturated carbocycles. The molecule has 6 nitrogen and oxygen atoms in total. The van der Waals surface area contributed by atoms with E-state index in [0.717, 1.165) is 5.56 Å². The van der Waals surface area contributed by atoms with E-state index >= 15 is 0 Å². The molecule has 0 spiro atoms. The van der Waals surface area contributed by atoms with Gasteiger partial charge in [0.15, 0.2) is 11.6 Å². The lowest BCUT2D eigenvalue weighted by atomic mass is 9.98. The second kappa shape index (κ2) is 6.16. The molecule has 130 valence electrons. The van der Waals surface area contributed by atoms with Crippen LogP contribution >= 0.6 is 0 Å². The van der Waals surface area contributed by atoms with Crippen molar-refractivity contribution in [1.82, 2.24) is 0 Å². The molecule has 0 aliphatic carbocycles. The summed E-state index contributed by atoms with van der Waals surface area (Å²) in [7, 11) is 0. The fraction of sp³-hybridized carbons (Fsp3) is 0.278. The monoisotopic (exact) mass is 346 g/mol. The molecule has 0 saturated heterocycles. The van der Waals surface area contributed by atoms with Gasteiger partial charge in [0.05, 0.1) is 13.0 Å². The van der Waals surface area contributed by atoms with Crippen molar-refractivity contribution in [2.24, 2.45) is 0 Å². The fourth-order valence-corrected chi connectivity index (χ4v) is 3.02. The van der Waals surface area contributed by atoms with Crippen molar-refractivity contribution in [2.45, 2.75) is 18.9 Å². The van der Waals surface area contributed by atoms with Gasteiger partial charge in [0.1, 0.15) is 18.1 Å². The van der Waals surface area contributed by atoms with E-state index in [-0.39, 0.29) is 31.5 Å². The Balaban J connectivity index is 1.48. The van der Waals surface area contributed by atoms with Crippen LogP contribution in [0.2, 0.25) is 0 Å². The van der Waals surface area contributed by atoms with Gasteiger partial charge in [-0.25, -0.2) is 4.39 Å². The molecule has 2 aromatic rings. The predicted molar refractivity (Wildman–Crippen MR) is 83.8 cm³/mol. The van der Waals surface area contributed by atoms with E-state index in [1.54, 1.807) is 18.2 Å². The molecule has 2 aliphatic heterocycles. The maximum atomic E-state index is 13.6. The molecule has 2 aliphatic rings. The average Bonchev–Trinajstić information content (AvgIpc) is 3.22. The van der Waals surface area contributed by atoms with Crippen LogP contribution in [-0.2, 0) is 11.4 Å². The van der Waals surface area contributed by atoms with Crippen molar-refractivity contribution in [1.29, 1.82) is 0 Å². The highest BCUT2D eigenvalue weighted by molar-refractivity contribution is 5.68. The van der Waals surface area contributed by atoms with Crippen molar-refractivity contribution in [3.63, 3.8) is 0 Å². The molecule has 0 aromatic heterocycles. The molecular weight excluding hydrogens is 331 g/mol. The van der Waals surface area contributed by atoms with Crippen LogP contribution in [-0.4, -0.2) is 24.5 Å². The lowest BCUT2D eigenvalue weighted by Gasteiger charge is -2.10. The van der Waals surface area contributed by atoms with Crippen LogP contribution < -0.4 is 18.9 Å². The highest BCUT2D eigenvalue weighted by atomic mass is 19.1. The number of carbonyl (C=O) groups is 1. The number of benzene rings is 2. The summed E-state index contributed by atoms with van der Waals surface area (Å²) in [6.45, 7) is 0.520. The zero-order valence-corrected chi connectivity index (χ0v) is 13.2. The van der Waals surface area contributed by atoms with Crippen molar-refractivity contribution in [2.75, 3.05) is 13.4 Å². The topological polar surface area (TPSA) is 74.2 Å². The first kappa shape index (κ1) is 15.6. The molecule has 0 bridgehead atoms. The Bertz CT molecular complexity index is 835. The zero-order chi connectivity index (χ0) is 17.4. The highest BCUT2D eigenvalue weighted by Crippen LogP contribution is 2.40. The van der Waals surface area contributed by atoms with Crippen LogP contribution in [0.3, 0.4) is 0 Å². The number of carboxylic acids is 1.